The molecule has 0 unspecified atom stereocenters. The Morgan fingerprint density at radius 3 is 2.38 bits per heavy atom. The third-order valence-electron chi connectivity index (χ3n) is 3.40. The summed E-state index contributed by atoms with van der Waals surface area (Å²) in [5, 5.41) is 2.31. The Balaban J connectivity index is 2.32. The highest BCUT2D eigenvalue weighted by Crippen LogP contribution is 2.23. The minimum atomic E-state index is -2.89. The van der Waals surface area contributed by atoms with Crippen LogP contribution in [0.15, 0.2) is 42.5 Å². The first-order chi connectivity index (χ1) is 10.1. The summed E-state index contributed by atoms with van der Waals surface area (Å²) in [7, 11) is 0.256. The first kappa shape index (κ1) is 15.8. The molecule has 5 heteroatoms. The maximum Gasteiger partial charge on any atom is 0.505 e. The normalized spacial score (nSPS) is 11.8. The first-order valence-corrected chi connectivity index (χ1v) is 8.74. The van der Waals surface area contributed by atoms with E-state index in [2.05, 4.69) is 18.2 Å². The van der Waals surface area contributed by atoms with Crippen molar-refractivity contribution < 1.29 is 18.1 Å². The number of fused-ring (bicyclic) bond motifs is 1. The van der Waals surface area contributed by atoms with Crippen molar-refractivity contribution in [2.24, 2.45) is 0 Å². The van der Waals surface area contributed by atoms with Gasteiger partial charge in [-0.3, -0.25) is 4.79 Å². The molecule has 0 fully saturated rings. The second kappa shape index (κ2) is 6.95. The van der Waals surface area contributed by atoms with Crippen molar-refractivity contribution in [2.45, 2.75) is 13.0 Å². The van der Waals surface area contributed by atoms with Crippen LogP contribution < -0.4 is 0 Å². The van der Waals surface area contributed by atoms with Gasteiger partial charge in [0.25, 0.3) is 0 Å². The molecule has 0 heterocycles. The smallest absolute Gasteiger partial charge is 0.377 e. The van der Waals surface area contributed by atoms with Crippen LogP contribution in [0.5, 0.6) is 0 Å². The lowest BCUT2D eigenvalue weighted by Gasteiger charge is -2.26. The average molecular weight is 304 g/mol. The Kier molecular flexibility index (Phi) is 5.25. The molecular weight excluding hydrogens is 284 g/mol. The van der Waals surface area contributed by atoms with Gasteiger partial charge in [-0.25, -0.2) is 0 Å². The lowest BCUT2D eigenvalue weighted by molar-refractivity contribution is -0.120. The zero-order valence-corrected chi connectivity index (χ0v) is 13.6. The number of hydrogen-bond acceptors (Lipinski definition) is 4. The summed E-state index contributed by atoms with van der Waals surface area (Å²) in [4.78, 5) is 11.2. The van der Waals surface area contributed by atoms with Crippen molar-refractivity contribution in [2.75, 3.05) is 20.8 Å². The van der Waals surface area contributed by atoms with Gasteiger partial charge >= 0.3 is 8.80 Å². The zero-order chi connectivity index (χ0) is 15.3. The SMILES string of the molecule is CO[Si](Cc1cccc2ccccc12)(OC)OCC(C)=O. The number of rotatable bonds is 7. The zero-order valence-electron chi connectivity index (χ0n) is 12.6. The van der Waals surface area contributed by atoms with E-state index in [-0.39, 0.29) is 12.4 Å². The van der Waals surface area contributed by atoms with Crippen LogP contribution >= 0.6 is 0 Å². The van der Waals surface area contributed by atoms with E-state index >= 15 is 0 Å². The molecular formula is C16H20O4Si. The minimum absolute atomic E-state index is 0.0126. The fourth-order valence-electron chi connectivity index (χ4n) is 2.29. The van der Waals surface area contributed by atoms with Crippen LogP contribution in [-0.2, 0) is 24.1 Å². The van der Waals surface area contributed by atoms with Crippen molar-refractivity contribution in [3.8, 4) is 0 Å². The van der Waals surface area contributed by atoms with Gasteiger partial charge in [0, 0.05) is 20.3 Å². The van der Waals surface area contributed by atoms with Crippen LogP contribution in [0.4, 0.5) is 0 Å². The summed E-state index contributed by atoms with van der Waals surface area (Å²) in [5.41, 5.74) is 1.10. The molecule has 0 saturated heterocycles. The highest BCUT2D eigenvalue weighted by molar-refractivity contribution is 6.60. The van der Waals surface area contributed by atoms with E-state index in [1.165, 1.54) is 6.92 Å². The molecule has 2 aromatic rings. The monoisotopic (exact) mass is 304 g/mol. The van der Waals surface area contributed by atoms with Gasteiger partial charge in [0.1, 0.15) is 0 Å². The van der Waals surface area contributed by atoms with Gasteiger partial charge in [0.2, 0.25) is 0 Å². The van der Waals surface area contributed by atoms with Crippen molar-refractivity contribution in [1.82, 2.24) is 0 Å². The Morgan fingerprint density at radius 1 is 1.05 bits per heavy atom. The second-order valence-corrected chi connectivity index (χ2v) is 7.72. The highest BCUT2D eigenvalue weighted by Gasteiger charge is 2.40. The Bertz CT molecular complexity index is 617. The minimum Gasteiger partial charge on any atom is -0.377 e. The molecule has 112 valence electrons. The van der Waals surface area contributed by atoms with E-state index in [0.29, 0.717) is 6.04 Å². The molecule has 0 radical (unpaired) electrons. The Labute approximate surface area is 126 Å². The van der Waals surface area contributed by atoms with Crippen LogP contribution in [0.1, 0.15) is 12.5 Å². The molecule has 0 aliphatic heterocycles. The van der Waals surface area contributed by atoms with Crippen LogP contribution in [0.2, 0.25) is 0 Å². The number of hydrogen-bond donors (Lipinski definition) is 0. The second-order valence-electron chi connectivity index (χ2n) is 4.90. The van der Waals surface area contributed by atoms with Crippen LogP contribution in [-0.4, -0.2) is 35.4 Å². The highest BCUT2D eigenvalue weighted by atomic mass is 28.4. The fourth-order valence-corrected chi connectivity index (χ4v) is 4.28. The third-order valence-corrected chi connectivity index (χ3v) is 6.05. The topological polar surface area (TPSA) is 44.8 Å². The fraction of sp³-hybridized carbons (Fsp3) is 0.312. The molecule has 0 saturated carbocycles. The van der Waals surface area contributed by atoms with Crippen LogP contribution in [0.3, 0.4) is 0 Å². The molecule has 0 aromatic heterocycles. The van der Waals surface area contributed by atoms with Gasteiger partial charge in [-0.1, -0.05) is 42.5 Å². The van der Waals surface area contributed by atoms with Gasteiger partial charge in [0.15, 0.2) is 5.78 Å². The van der Waals surface area contributed by atoms with Crippen molar-refractivity contribution in [3.05, 3.63) is 48.0 Å². The number of Topliss-reactive ketones (excluding diaryl/α,β-unsaturated/α-hetero) is 1. The molecule has 0 N–H and O–H groups in total. The summed E-state index contributed by atoms with van der Waals surface area (Å²) in [6, 6.07) is 14.8. The summed E-state index contributed by atoms with van der Waals surface area (Å²) in [6.07, 6.45) is 0. The average Bonchev–Trinajstić information content (AvgIpc) is 2.51. The van der Waals surface area contributed by atoms with Crippen molar-refractivity contribution in [3.63, 3.8) is 0 Å². The van der Waals surface area contributed by atoms with E-state index in [1.807, 2.05) is 24.3 Å². The largest absolute Gasteiger partial charge is 0.505 e. The maximum absolute atomic E-state index is 11.2. The molecule has 0 aliphatic carbocycles. The lowest BCUT2D eigenvalue weighted by Crippen LogP contribution is -2.47. The van der Waals surface area contributed by atoms with Crippen molar-refractivity contribution in [1.29, 1.82) is 0 Å². The quantitative estimate of drug-likeness (QED) is 0.738. The molecule has 0 bridgehead atoms. The number of benzene rings is 2. The molecule has 4 nitrogen and oxygen atoms in total. The summed E-state index contributed by atoms with van der Waals surface area (Å²) in [5.74, 6) is -0.0427. The van der Waals surface area contributed by atoms with E-state index in [4.69, 9.17) is 13.3 Å². The predicted molar refractivity (Wildman–Crippen MR) is 84.1 cm³/mol. The van der Waals surface area contributed by atoms with E-state index in [9.17, 15) is 4.79 Å². The van der Waals surface area contributed by atoms with Crippen LogP contribution in [0, 0.1) is 0 Å². The van der Waals surface area contributed by atoms with Gasteiger partial charge < -0.3 is 13.3 Å². The summed E-state index contributed by atoms with van der Waals surface area (Å²) < 4.78 is 16.8. The third kappa shape index (κ3) is 3.77. The Morgan fingerprint density at radius 2 is 1.71 bits per heavy atom. The maximum atomic E-state index is 11.2. The molecule has 2 aromatic carbocycles. The van der Waals surface area contributed by atoms with Gasteiger partial charge in [-0.15, -0.1) is 0 Å². The van der Waals surface area contributed by atoms with Crippen molar-refractivity contribution >= 4 is 25.4 Å². The number of ketones is 1. The predicted octanol–water partition coefficient (Wildman–Crippen LogP) is 2.76. The lowest BCUT2D eigenvalue weighted by atomic mass is 10.1. The standard InChI is InChI=1S/C16H20O4Si/c1-13(17)11-20-21(18-2,19-3)12-15-9-6-8-14-7-4-5-10-16(14)15/h4-10H,11-12H2,1-3H3. The summed E-state index contributed by atoms with van der Waals surface area (Å²) in [6.45, 7) is 1.50. The molecule has 2 rings (SSSR count). The molecule has 0 amide bonds. The van der Waals surface area contributed by atoms with Gasteiger partial charge in [-0.05, 0) is 23.3 Å². The molecule has 0 atom stereocenters. The van der Waals surface area contributed by atoms with Gasteiger partial charge in [-0.2, -0.15) is 0 Å². The first-order valence-electron chi connectivity index (χ1n) is 6.80. The number of carbonyl (C=O) groups excluding carboxylic acids is 1. The molecule has 0 spiro atoms. The van der Waals surface area contributed by atoms with E-state index in [1.54, 1.807) is 14.2 Å². The summed E-state index contributed by atoms with van der Waals surface area (Å²) >= 11 is 0. The molecule has 21 heavy (non-hydrogen) atoms. The Hall–Kier alpha value is -1.53. The molecule has 0 aliphatic rings. The van der Waals surface area contributed by atoms with E-state index < -0.39 is 8.80 Å². The van der Waals surface area contributed by atoms with Gasteiger partial charge in [0.05, 0.1) is 6.61 Å². The van der Waals surface area contributed by atoms with Crippen LogP contribution in [0.25, 0.3) is 10.8 Å². The number of carbonyl (C=O) groups is 1. The van der Waals surface area contributed by atoms with E-state index in [0.717, 1.165) is 16.3 Å².